The van der Waals surface area contributed by atoms with Crippen molar-refractivity contribution in [2.24, 2.45) is 0 Å². The topological polar surface area (TPSA) is 88.8 Å². The van der Waals surface area contributed by atoms with Gasteiger partial charge in [0.15, 0.2) is 5.60 Å². The van der Waals surface area contributed by atoms with Crippen LogP contribution >= 0.6 is 11.3 Å². The number of rotatable bonds is 9. The molecule has 0 amide bonds. The van der Waals surface area contributed by atoms with Crippen LogP contribution in [0.5, 0.6) is 5.75 Å². The fourth-order valence-corrected chi connectivity index (χ4v) is 4.56. The van der Waals surface area contributed by atoms with Gasteiger partial charge < -0.3 is 14.3 Å². The maximum absolute atomic E-state index is 12.4. The highest BCUT2D eigenvalue weighted by Crippen LogP contribution is 2.32. The van der Waals surface area contributed by atoms with Crippen molar-refractivity contribution in [1.82, 2.24) is 4.72 Å². The van der Waals surface area contributed by atoms with E-state index in [0.717, 1.165) is 11.3 Å². The van der Waals surface area contributed by atoms with Gasteiger partial charge in [-0.2, -0.15) is 0 Å². The lowest BCUT2D eigenvalue weighted by Gasteiger charge is -2.25. The predicted octanol–water partition coefficient (Wildman–Crippen LogP) is 2.75. The van der Waals surface area contributed by atoms with E-state index < -0.39 is 15.6 Å². The number of thiophene rings is 1. The molecule has 0 saturated heterocycles. The van der Waals surface area contributed by atoms with E-state index in [1.165, 1.54) is 17.6 Å². The number of benzene rings is 1. The molecule has 1 aromatic carbocycles. The van der Waals surface area contributed by atoms with Crippen LogP contribution < -0.4 is 9.46 Å². The molecule has 2 N–H and O–H groups in total. The van der Waals surface area contributed by atoms with Gasteiger partial charge in [-0.3, -0.25) is 0 Å². The molecule has 6 nitrogen and oxygen atoms in total. The Morgan fingerprint density at radius 3 is 2.56 bits per heavy atom. The quantitative estimate of drug-likeness (QED) is 0.569. The molecule has 0 saturated carbocycles. The number of ether oxygens (including phenoxy) is 1. The van der Waals surface area contributed by atoms with E-state index in [0.29, 0.717) is 17.1 Å². The number of hydrogen-bond donors (Lipinski definition) is 2. The molecule has 2 heterocycles. The predicted molar refractivity (Wildman–Crippen MR) is 105 cm³/mol. The van der Waals surface area contributed by atoms with E-state index in [4.69, 9.17) is 9.15 Å². The number of aliphatic hydroxyl groups is 1. The molecule has 0 aliphatic carbocycles. The van der Waals surface area contributed by atoms with Crippen LogP contribution in [0.2, 0.25) is 0 Å². The summed E-state index contributed by atoms with van der Waals surface area (Å²) < 4.78 is 37.8. The highest BCUT2D eigenvalue weighted by atomic mass is 32.2. The molecule has 2 aromatic heterocycles. The highest BCUT2D eigenvalue weighted by Gasteiger charge is 2.36. The first-order chi connectivity index (χ1) is 12.9. The summed E-state index contributed by atoms with van der Waals surface area (Å²) in [6.07, 6.45) is 1.81. The second kappa shape index (κ2) is 8.26. The molecule has 3 aromatic rings. The number of aryl methyl sites for hydroxylation is 1. The van der Waals surface area contributed by atoms with Crippen LogP contribution in [-0.2, 0) is 22.0 Å². The van der Waals surface area contributed by atoms with Crippen molar-refractivity contribution in [2.75, 3.05) is 19.4 Å². The minimum atomic E-state index is -3.59. The van der Waals surface area contributed by atoms with Gasteiger partial charge in [0.05, 0.1) is 25.7 Å². The lowest BCUT2D eigenvalue weighted by atomic mass is 9.99. The lowest BCUT2D eigenvalue weighted by Crippen LogP contribution is -2.41. The van der Waals surface area contributed by atoms with Gasteiger partial charge in [-0.05, 0) is 47.7 Å². The van der Waals surface area contributed by atoms with Gasteiger partial charge in [0.25, 0.3) is 0 Å². The van der Waals surface area contributed by atoms with Gasteiger partial charge in [-0.1, -0.05) is 18.2 Å². The van der Waals surface area contributed by atoms with Crippen molar-refractivity contribution < 1.29 is 22.7 Å². The molecule has 27 heavy (non-hydrogen) atoms. The van der Waals surface area contributed by atoms with Crippen LogP contribution in [0.3, 0.4) is 0 Å². The van der Waals surface area contributed by atoms with Gasteiger partial charge in [0.2, 0.25) is 10.0 Å². The van der Waals surface area contributed by atoms with Gasteiger partial charge in [-0.15, -0.1) is 11.3 Å². The van der Waals surface area contributed by atoms with E-state index in [2.05, 4.69) is 4.72 Å². The zero-order valence-electron chi connectivity index (χ0n) is 14.8. The molecular weight excluding hydrogens is 386 g/mol. The molecule has 0 radical (unpaired) electrons. The van der Waals surface area contributed by atoms with Gasteiger partial charge in [0, 0.05) is 4.88 Å². The van der Waals surface area contributed by atoms with Crippen LogP contribution in [0.25, 0.3) is 0 Å². The third-order valence-electron chi connectivity index (χ3n) is 4.22. The van der Waals surface area contributed by atoms with Crippen molar-refractivity contribution in [2.45, 2.75) is 12.0 Å². The molecule has 0 bridgehead atoms. The van der Waals surface area contributed by atoms with Gasteiger partial charge >= 0.3 is 0 Å². The summed E-state index contributed by atoms with van der Waals surface area (Å²) in [5.74, 6) is 0.930. The van der Waals surface area contributed by atoms with Gasteiger partial charge in [-0.25, -0.2) is 13.1 Å². The van der Waals surface area contributed by atoms with Crippen LogP contribution in [-0.4, -0.2) is 32.9 Å². The van der Waals surface area contributed by atoms with Crippen LogP contribution in [0.4, 0.5) is 0 Å². The highest BCUT2D eigenvalue weighted by molar-refractivity contribution is 7.89. The number of nitrogens with one attached hydrogen (secondary N) is 1. The Labute approximate surface area is 162 Å². The maximum Gasteiger partial charge on any atom is 0.212 e. The number of sulfonamides is 1. The van der Waals surface area contributed by atoms with Crippen molar-refractivity contribution in [3.8, 4) is 5.75 Å². The average Bonchev–Trinajstić information content (AvgIpc) is 3.39. The average molecular weight is 408 g/mol. The van der Waals surface area contributed by atoms with Crippen LogP contribution in [0.1, 0.15) is 16.2 Å². The molecule has 0 fully saturated rings. The first-order valence-corrected chi connectivity index (χ1v) is 10.9. The normalized spacial score (nSPS) is 14.0. The second-order valence-electron chi connectivity index (χ2n) is 6.05. The summed E-state index contributed by atoms with van der Waals surface area (Å²) in [4.78, 5) is 0.607. The SMILES string of the molecule is COc1ccc(CCS(=O)(=O)NCC(O)(c2ccco2)c2cccs2)cc1. The largest absolute Gasteiger partial charge is 0.497 e. The third-order valence-corrected chi connectivity index (χ3v) is 6.57. The first-order valence-electron chi connectivity index (χ1n) is 8.33. The number of furan rings is 1. The summed E-state index contributed by atoms with van der Waals surface area (Å²) in [5, 5.41) is 12.9. The lowest BCUT2D eigenvalue weighted by molar-refractivity contribution is 0.0655. The van der Waals surface area contributed by atoms with E-state index >= 15 is 0 Å². The number of hydrogen-bond acceptors (Lipinski definition) is 6. The minimum absolute atomic E-state index is 0.0853. The van der Waals surface area contributed by atoms with E-state index in [9.17, 15) is 13.5 Å². The third kappa shape index (κ3) is 4.78. The minimum Gasteiger partial charge on any atom is -0.497 e. The second-order valence-corrected chi connectivity index (χ2v) is 8.93. The zero-order chi connectivity index (χ0) is 19.3. The van der Waals surface area contributed by atoms with Crippen molar-refractivity contribution in [3.05, 3.63) is 76.4 Å². The number of methoxy groups -OCH3 is 1. The molecule has 3 rings (SSSR count). The Hall–Kier alpha value is -2.13. The molecule has 144 valence electrons. The smallest absolute Gasteiger partial charge is 0.212 e. The Morgan fingerprint density at radius 1 is 1.19 bits per heavy atom. The molecule has 0 aliphatic heterocycles. The van der Waals surface area contributed by atoms with Crippen LogP contribution in [0, 0.1) is 0 Å². The summed E-state index contributed by atoms with van der Waals surface area (Å²) in [6.45, 7) is -0.202. The summed E-state index contributed by atoms with van der Waals surface area (Å²) in [5.41, 5.74) is -0.661. The fourth-order valence-electron chi connectivity index (χ4n) is 2.65. The summed E-state index contributed by atoms with van der Waals surface area (Å²) in [6, 6.07) is 14.1. The Kier molecular flexibility index (Phi) is 6.01. The van der Waals surface area contributed by atoms with Crippen LogP contribution in [0.15, 0.2) is 64.6 Å². The maximum atomic E-state index is 12.4. The Bertz CT molecular complexity index is 898. The fraction of sp³-hybridized carbons (Fsp3) is 0.263. The summed E-state index contributed by atoms with van der Waals surface area (Å²) >= 11 is 1.34. The molecule has 0 spiro atoms. The Balaban J connectivity index is 1.67. The van der Waals surface area contributed by atoms with Crippen molar-refractivity contribution in [1.29, 1.82) is 0 Å². The standard InChI is InChI=1S/C19H21NO5S2/c1-24-16-8-6-15(7-9-16)10-13-27(22,23)20-14-19(21,17-4-2-11-25-17)18-5-3-12-26-18/h2-9,11-12,20-21H,10,13-14H2,1H3. The van der Waals surface area contributed by atoms with E-state index in [-0.39, 0.29) is 12.3 Å². The molecule has 1 atom stereocenters. The molecule has 0 aliphatic rings. The molecular formula is C19H21NO5S2. The van der Waals surface area contributed by atoms with E-state index in [1.54, 1.807) is 43.5 Å². The summed E-state index contributed by atoms with van der Waals surface area (Å²) in [7, 11) is -2.01. The van der Waals surface area contributed by atoms with Gasteiger partial charge in [0.1, 0.15) is 11.5 Å². The monoisotopic (exact) mass is 407 g/mol. The molecule has 1 unspecified atom stereocenters. The molecule has 8 heteroatoms. The zero-order valence-corrected chi connectivity index (χ0v) is 16.4. The van der Waals surface area contributed by atoms with Crippen molar-refractivity contribution in [3.63, 3.8) is 0 Å². The first kappa shape index (κ1) is 19.6. The van der Waals surface area contributed by atoms with E-state index in [1.807, 2.05) is 17.5 Å². The Morgan fingerprint density at radius 2 is 1.96 bits per heavy atom. The van der Waals surface area contributed by atoms with Crippen molar-refractivity contribution >= 4 is 21.4 Å².